The Bertz CT molecular complexity index is 586. The number of carboxylic acid groups (broad SMARTS) is 1. The van der Waals surface area contributed by atoms with Gasteiger partial charge in [-0.05, 0) is 22.6 Å². The number of aliphatic carboxylic acids is 1. The summed E-state index contributed by atoms with van der Waals surface area (Å²) in [5.41, 5.74) is 0.390. The van der Waals surface area contributed by atoms with Gasteiger partial charge in [-0.25, -0.2) is 14.1 Å². The maximum Gasteiger partial charge on any atom is 0.306 e. The molecule has 0 aromatic carbocycles. The maximum atomic E-state index is 12.8. The predicted molar refractivity (Wildman–Crippen MR) is 64.1 cm³/mol. The van der Waals surface area contributed by atoms with Crippen LogP contribution in [-0.2, 0) is 16.1 Å². The molecule has 0 spiro atoms. The molecule has 20 heavy (non-hydrogen) atoms. The van der Waals surface area contributed by atoms with E-state index >= 15 is 0 Å². The zero-order valence-corrected chi connectivity index (χ0v) is 10.6. The van der Waals surface area contributed by atoms with Gasteiger partial charge in [0.15, 0.2) is 0 Å². The van der Waals surface area contributed by atoms with Gasteiger partial charge in [-0.15, -0.1) is 5.10 Å². The van der Waals surface area contributed by atoms with Crippen LogP contribution in [0, 0.1) is 5.82 Å². The molecular weight excluding hydrogens is 269 g/mol. The van der Waals surface area contributed by atoms with Gasteiger partial charge >= 0.3 is 5.97 Å². The molecule has 2 aromatic rings. The number of tetrazole rings is 1. The Morgan fingerprint density at radius 3 is 2.95 bits per heavy atom. The fraction of sp³-hybridized carbons (Fsp3) is 0.364. The van der Waals surface area contributed by atoms with E-state index < -0.39 is 17.9 Å². The number of methoxy groups -OCH3 is 1. The third-order valence-electron chi connectivity index (χ3n) is 2.60. The van der Waals surface area contributed by atoms with Gasteiger partial charge in [0.25, 0.3) is 0 Å². The number of rotatable bonds is 6. The van der Waals surface area contributed by atoms with E-state index in [9.17, 15) is 9.18 Å². The second-order valence-electron chi connectivity index (χ2n) is 4.00. The van der Waals surface area contributed by atoms with Crippen molar-refractivity contribution in [1.82, 2.24) is 25.2 Å². The van der Waals surface area contributed by atoms with Gasteiger partial charge in [-0.2, -0.15) is 0 Å². The fourth-order valence-electron chi connectivity index (χ4n) is 1.63. The van der Waals surface area contributed by atoms with Gasteiger partial charge in [0, 0.05) is 7.11 Å². The summed E-state index contributed by atoms with van der Waals surface area (Å²) in [6.07, 6.45) is 0.307. The molecule has 1 N–H and O–H groups in total. The summed E-state index contributed by atoms with van der Waals surface area (Å²) in [5.74, 6) is -1.13. The monoisotopic (exact) mass is 281 g/mol. The zero-order valence-electron chi connectivity index (χ0n) is 10.6. The lowest BCUT2D eigenvalue weighted by atomic mass is 10.2. The van der Waals surface area contributed by atoms with E-state index in [4.69, 9.17) is 9.84 Å². The van der Waals surface area contributed by atoms with Crippen molar-refractivity contribution in [2.24, 2.45) is 0 Å². The predicted octanol–water partition coefficient (Wildman–Crippen LogP) is 0.364. The van der Waals surface area contributed by atoms with Crippen molar-refractivity contribution >= 4 is 5.97 Å². The highest BCUT2D eigenvalue weighted by Gasteiger charge is 2.17. The van der Waals surface area contributed by atoms with Crippen LogP contribution in [0.15, 0.2) is 18.3 Å². The molecule has 0 saturated heterocycles. The summed E-state index contributed by atoms with van der Waals surface area (Å²) >= 11 is 0. The maximum absolute atomic E-state index is 12.8. The molecule has 0 amide bonds. The molecule has 2 rings (SSSR count). The smallest absolute Gasteiger partial charge is 0.306 e. The third kappa shape index (κ3) is 3.32. The first-order valence-electron chi connectivity index (χ1n) is 5.73. The van der Waals surface area contributed by atoms with Crippen LogP contribution in [0.1, 0.15) is 6.42 Å². The fourth-order valence-corrected chi connectivity index (χ4v) is 1.63. The Labute approximate surface area is 113 Å². The number of pyridine rings is 1. The Morgan fingerprint density at radius 1 is 1.55 bits per heavy atom. The highest BCUT2D eigenvalue weighted by Crippen LogP contribution is 2.14. The summed E-state index contributed by atoms with van der Waals surface area (Å²) in [7, 11) is 1.41. The number of nitrogens with zero attached hydrogens (tertiary/aromatic N) is 5. The Morgan fingerprint density at radius 2 is 2.35 bits per heavy atom. The molecule has 0 aliphatic heterocycles. The van der Waals surface area contributed by atoms with E-state index in [1.165, 1.54) is 23.9 Å². The van der Waals surface area contributed by atoms with Crippen molar-refractivity contribution in [3.8, 4) is 11.5 Å². The first kappa shape index (κ1) is 14.0. The molecular formula is C11H12FN5O3. The average Bonchev–Trinajstić information content (AvgIpc) is 2.86. The highest BCUT2D eigenvalue weighted by molar-refractivity contribution is 5.67. The number of ether oxygens (including phenoxy) is 1. The van der Waals surface area contributed by atoms with E-state index in [1.807, 2.05) is 0 Å². The lowest BCUT2D eigenvalue weighted by molar-refractivity contribution is -0.140. The Hall–Kier alpha value is -2.42. The largest absolute Gasteiger partial charge is 0.481 e. The normalized spacial score (nSPS) is 12.3. The first-order chi connectivity index (χ1) is 9.60. The molecule has 2 heterocycles. The molecule has 106 valence electrons. The van der Waals surface area contributed by atoms with E-state index in [-0.39, 0.29) is 13.0 Å². The van der Waals surface area contributed by atoms with Crippen molar-refractivity contribution in [2.45, 2.75) is 19.1 Å². The van der Waals surface area contributed by atoms with Crippen LogP contribution in [0.25, 0.3) is 11.5 Å². The van der Waals surface area contributed by atoms with Gasteiger partial charge in [-0.1, -0.05) is 0 Å². The standard InChI is InChI=1S/C11H12FN5O3/c1-20-8(4-10(18)19)6-17-11(14-15-16-17)9-3-2-7(12)5-13-9/h2-3,5,8H,4,6H2,1H3,(H,18,19). The van der Waals surface area contributed by atoms with E-state index in [0.29, 0.717) is 11.5 Å². The summed E-state index contributed by atoms with van der Waals surface area (Å²) in [5, 5.41) is 19.8. The molecule has 0 aliphatic carbocycles. The summed E-state index contributed by atoms with van der Waals surface area (Å²) in [6.45, 7) is 0.157. The molecule has 0 saturated carbocycles. The number of carbonyl (C=O) groups is 1. The van der Waals surface area contributed by atoms with Gasteiger partial charge in [0.2, 0.25) is 5.82 Å². The summed E-state index contributed by atoms with van der Waals surface area (Å²) < 4.78 is 19.3. The molecule has 1 atom stereocenters. The quantitative estimate of drug-likeness (QED) is 0.815. The third-order valence-corrected chi connectivity index (χ3v) is 2.60. The lowest BCUT2D eigenvalue weighted by Gasteiger charge is -2.13. The minimum absolute atomic E-state index is 0.157. The molecule has 0 fully saturated rings. The molecule has 0 radical (unpaired) electrons. The summed E-state index contributed by atoms with van der Waals surface area (Å²) in [6, 6.07) is 2.68. The lowest BCUT2D eigenvalue weighted by Crippen LogP contribution is -2.23. The van der Waals surface area contributed by atoms with Gasteiger partial charge in [0.05, 0.1) is 25.3 Å². The van der Waals surface area contributed by atoms with Crippen molar-refractivity contribution in [1.29, 1.82) is 0 Å². The van der Waals surface area contributed by atoms with Gasteiger partial charge in [-0.3, -0.25) is 4.79 Å². The zero-order chi connectivity index (χ0) is 14.5. The number of hydrogen-bond acceptors (Lipinski definition) is 6. The Balaban J connectivity index is 2.19. The van der Waals surface area contributed by atoms with Crippen molar-refractivity contribution in [3.05, 3.63) is 24.1 Å². The SMILES string of the molecule is COC(CC(=O)O)Cn1nnnc1-c1ccc(F)cn1. The van der Waals surface area contributed by atoms with Crippen LogP contribution in [0.5, 0.6) is 0 Å². The van der Waals surface area contributed by atoms with E-state index in [1.54, 1.807) is 0 Å². The van der Waals surface area contributed by atoms with Crippen LogP contribution in [0.2, 0.25) is 0 Å². The second kappa shape index (κ2) is 6.15. The molecule has 1 unspecified atom stereocenters. The molecule has 0 bridgehead atoms. The Kier molecular flexibility index (Phi) is 4.31. The summed E-state index contributed by atoms with van der Waals surface area (Å²) in [4.78, 5) is 14.6. The average molecular weight is 281 g/mol. The molecule has 9 heteroatoms. The number of halogens is 1. The van der Waals surface area contributed by atoms with Gasteiger partial charge < -0.3 is 9.84 Å². The van der Waals surface area contributed by atoms with Gasteiger partial charge in [0.1, 0.15) is 11.5 Å². The minimum Gasteiger partial charge on any atom is -0.481 e. The number of carboxylic acids is 1. The molecule has 8 nitrogen and oxygen atoms in total. The molecule has 0 aliphatic rings. The topological polar surface area (TPSA) is 103 Å². The van der Waals surface area contributed by atoms with Crippen LogP contribution in [0.3, 0.4) is 0 Å². The van der Waals surface area contributed by atoms with E-state index in [2.05, 4.69) is 20.5 Å². The number of hydrogen-bond donors (Lipinski definition) is 1. The van der Waals surface area contributed by atoms with Crippen LogP contribution < -0.4 is 0 Å². The first-order valence-corrected chi connectivity index (χ1v) is 5.73. The van der Waals surface area contributed by atoms with Crippen molar-refractivity contribution in [2.75, 3.05) is 7.11 Å². The highest BCUT2D eigenvalue weighted by atomic mass is 19.1. The second-order valence-corrected chi connectivity index (χ2v) is 4.00. The van der Waals surface area contributed by atoms with Crippen LogP contribution in [0.4, 0.5) is 4.39 Å². The minimum atomic E-state index is -0.980. The van der Waals surface area contributed by atoms with Crippen molar-refractivity contribution in [3.63, 3.8) is 0 Å². The van der Waals surface area contributed by atoms with Crippen molar-refractivity contribution < 1.29 is 19.0 Å². The number of aromatic nitrogens is 5. The molecule has 2 aromatic heterocycles. The van der Waals surface area contributed by atoms with Crippen LogP contribution in [-0.4, -0.2) is 49.5 Å². The van der Waals surface area contributed by atoms with E-state index in [0.717, 1.165) is 6.20 Å². The van der Waals surface area contributed by atoms with Crippen LogP contribution >= 0.6 is 0 Å².